The predicted octanol–water partition coefficient (Wildman–Crippen LogP) is 1.74. The largest absolute Gasteiger partial charge is 0.383 e. The van der Waals surface area contributed by atoms with Gasteiger partial charge < -0.3 is 20.4 Å². The zero-order chi connectivity index (χ0) is 17.9. The maximum absolute atomic E-state index is 12.1. The van der Waals surface area contributed by atoms with Crippen LogP contribution in [0.3, 0.4) is 0 Å². The maximum atomic E-state index is 12.1. The first-order chi connectivity index (χ1) is 11.9. The summed E-state index contributed by atoms with van der Waals surface area (Å²) in [4.78, 5) is 5.14. The van der Waals surface area contributed by atoms with Crippen molar-refractivity contribution in [3.05, 3.63) is 17.7 Å². The minimum atomic E-state index is -3.24. The van der Waals surface area contributed by atoms with Gasteiger partial charge in [0.2, 0.25) is 0 Å². The van der Waals surface area contributed by atoms with Gasteiger partial charge in [-0.1, -0.05) is 0 Å². The molecule has 6 nitrogen and oxygen atoms in total. The Kier molecular flexibility index (Phi) is 7.58. The molecule has 0 aliphatic carbocycles. The first kappa shape index (κ1) is 21.3. The summed E-state index contributed by atoms with van der Waals surface area (Å²) in [7, 11) is -3.24. The van der Waals surface area contributed by atoms with Crippen molar-refractivity contribution in [2.24, 2.45) is 0 Å². The molecule has 148 valence electrons. The summed E-state index contributed by atoms with van der Waals surface area (Å²) in [6.07, 6.45) is 3.86. The maximum Gasteiger partial charge on any atom is 0.175 e. The Bertz CT molecular complexity index is 699. The third-order valence-electron chi connectivity index (χ3n) is 5.18. The monoisotopic (exact) mass is 402 g/mol. The summed E-state index contributed by atoms with van der Waals surface area (Å²) in [5.74, 6) is 0. The van der Waals surface area contributed by atoms with Crippen LogP contribution in [0, 0.1) is 6.92 Å². The van der Waals surface area contributed by atoms with Crippen molar-refractivity contribution in [3.63, 3.8) is 0 Å². The highest BCUT2D eigenvalue weighted by Crippen LogP contribution is 2.31. The van der Waals surface area contributed by atoms with Crippen LogP contribution in [0.1, 0.15) is 18.4 Å². The molecule has 1 aromatic rings. The lowest BCUT2D eigenvalue weighted by Gasteiger charge is -2.32. The number of halogens is 1. The second-order valence-corrected chi connectivity index (χ2v) is 9.12. The molecule has 1 aromatic carbocycles. The minimum Gasteiger partial charge on any atom is -0.383 e. The molecule has 0 bridgehead atoms. The van der Waals surface area contributed by atoms with Crippen LogP contribution >= 0.6 is 12.4 Å². The van der Waals surface area contributed by atoms with Crippen molar-refractivity contribution in [1.82, 2.24) is 10.2 Å². The van der Waals surface area contributed by atoms with Gasteiger partial charge in [-0.15, -0.1) is 12.4 Å². The molecule has 0 atom stereocenters. The third kappa shape index (κ3) is 5.25. The fourth-order valence-corrected chi connectivity index (χ4v) is 4.32. The average Bonchev–Trinajstić information content (AvgIpc) is 3.09. The van der Waals surface area contributed by atoms with Gasteiger partial charge in [0, 0.05) is 56.9 Å². The van der Waals surface area contributed by atoms with Crippen molar-refractivity contribution in [2.45, 2.75) is 24.7 Å². The molecule has 0 amide bonds. The lowest BCUT2D eigenvalue weighted by molar-refractivity contribution is 0.352. The van der Waals surface area contributed by atoms with E-state index in [2.05, 4.69) is 27.4 Å². The number of rotatable bonds is 6. The molecular formula is C18H31ClN4O2S. The summed E-state index contributed by atoms with van der Waals surface area (Å²) >= 11 is 0. The minimum absolute atomic E-state index is 0. The molecule has 2 N–H and O–H groups in total. The quantitative estimate of drug-likeness (QED) is 0.755. The van der Waals surface area contributed by atoms with E-state index in [1.807, 2.05) is 6.07 Å². The van der Waals surface area contributed by atoms with Crippen molar-refractivity contribution < 1.29 is 8.42 Å². The van der Waals surface area contributed by atoms with E-state index in [-0.39, 0.29) is 12.4 Å². The van der Waals surface area contributed by atoms with Crippen LogP contribution in [0.4, 0.5) is 11.4 Å². The average molecular weight is 403 g/mol. The molecule has 2 fully saturated rings. The third-order valence-corrected chi connectivity index (χ3v) is 6.27. The fourth-order valence-electron chi connectivity index (χ4n) is 3.66. The number of piperazine rings is 1. The molecule has 2 saturated heterocycles. The van der Waals surface area contributed by atoms with E-state index < -0.39 is 9.84 Å². The molecule has 3 rings (SSSR count). The zero-order valence-electron chi connectivity index (χ0n) is 15.8. The highest BCUT2D eigenvalue weighted by Gasteiger charge is 2.19. The number of hydrogen-bond donors (Lipinski definition) is 2. The number of nitrogens with zero attached hydrogens (tertiary/aromatic N) is 2. The first-order valence-corrected chi connectivity index (χ1v) is 11.1. The molecule has 2 aliphatic heterocycles. The number of sulfone groups is 1. The summed E-state index contributed by atoms with van der Waals surface area (Å²) in [5, 5.41) is 6.83. The summed E-state index contributed by atoms with van der Waals surface area (Å²) in [6, 6.07) is 3.63. The Hall–Kier alpha value is -1.02. The van der Waals surface area contributed by atoms with Gasteiger partial charge in [0.25, 0.3) is 0 Å². The lowest BCUT2D eigenvalue weighted by Crippen LogP contribution is -2.43. The Labute approximate surface area is 163 Å². The van der Waals surface area contributed by atoms with Gasteiger partial charge in [-0.05, 0) is 50.6 Å². The highest BCUT2D eigenvalue weighted by atomic mass is 35.5. The summed E-state index contributed by atoms with van der Waals surface area (Å²) in [5.41, 5.74) is 3.11. The van der Waals surface area contributed by atoms with E-state index >= 15 is 0 Å². The fraction of sp³-hybridized carbons (Fsp3) is 0.667. The van der Waals surface area contributed by atoms with E-state index in [0.717, 1.165) is 56.2 Å². The standard InChI is InChI=1S/C18H30N4O2S.ClH/c1-15-17(20-7-10-21-8-3-4-9-21)13-16(25(2,23)24)14-18(15)22-11-5-19-6-12-22;/h13-14,19-20H,3-12H2,1-2H3;1H. The molecule has 0 radical (unpaired) electrons. The molecule has 8 heteroatoms. The summed E-state index contributed by atoms with van der Waals surface area (Å²) < 4.78 is 24.3. The number of benzene rings is 1. The van der Waals surface area contributed by atoms with Crippen molar-refractivity contribution >= 4 is 33.6 Å². The molecule has 2 aliphatic rings. The zero-order valence-corrected chi connectivity index (χ0v) is 17.4. The molecule has 0 spiro atoms. The molecule has 2 heterocycles. The van der Waals surface area contributed by atoms with Crippen LogP contribution in [-0.2, 0) is 9.84 Å². The molecule has 26 heavy (non-hydrogen) atoms. The Morgan fingerprint density at radius 3 is 2.38 bits per heavy atom. The van der Waals surface area contributed by atoms with E-state index in [1.165, 1.54) is 32.2 Å². The highest BCUT2D eigenvalue weighted by molar-refractivity contribution is 7.90. The first-order valence-electron chi connectivity index (χ1n) is 9.22. The predicted molar refractivity (Wildman–Crippen MR) is 111 cm³/mol. The number of likely N-dealkylation sites (tertiary alicyclic amines) is 1. The smallest absolute Gasteiger partial charge is 0.175 e. The summed E-state index contributed by atoms with van der Waals surface area (Å²) in [6.45, 7) is 9.96. The van der Waals surface area contributed by atoms with Gasteiger partial charge in [-0.3, -0.25) is 0 Å². The number of anilines is 2. The Balaban J connectivity index is 0.00000243. The normalized spacial score (nSPS) is 18.6. The number of hydrogen-bond acceptors (Lipinski definition) is 6. The van der Waals surface area contributed by atoms with Gasteiger partial charge in [-0.2, -0.15) is 0 Å². The Morgan fingerprint density at radius 2 is 1.77 bits per heavy atom. The topological polar surface area (TPSA) is 64.7 Å². The van der Waals surface area contributed by atoms with Gasteiger partial charge in [0.05, 0.1) is 4.90 Å². The van der Waals surface area contributed by atoms with E-state index in [0.29, 0.717) is 4.90 Å². The second kappa shape index (κ2) is 9.26. The van der Waals surface area contributed by atoms with Gasteiger partial charge >= 0.3 is 0 Å². The van der Waals surface area contributed by atoms with E-state index in [9.17, 15) is 8.42 Å². The Morgan fingerprint density at radius 1 is 1.12 bits per heavy atom. The van der Waals surface area contributed by atoms with Crippen molar-refractivity contribution in [3.8, 4) is 0 Å². The van der Waals surface area contributed by atoms with Crippen LogP contribution in [0.15, 0.2) is 17.0 Å². The van der Waals surface area contributed by atoms with Gasteiger partial charge in [0.1, 0.15) is 0 Å². The van der Waals surface area contributed by atoms with Crippen molar-refractivity contribution in [2.75, 3.05) is 68.8 Å². The van der Waals surface area contributed by atoms with E-state index in [4.69, 9.17) is 0 Å². The second-order valence-electron chi connectivity index (χ2n) is 7.10. The van der Waals surface area contributed by atoms with Crippen LogP contribution in [-0.4, -0.2) is 71.9 Å². The molecule has 0 saturated carbocycles. The van der Waals surface area contributed by atoms with Crippen LogP contribution < -0.4 is 15.5 Å². The van der Waals surface area contributed by atoms with Crippen LogP contribution in [0.25, 0.3) is 0 Å². The van der Waals surface area contributed by atoms with Crippen molar-refractivity contribution in [1.29, 1.82) is 0 Å². The van der Waals surface area contributed by atoms with Crippen LogP contribution in [0.2, 0.25) is 0 Å². The van der Waals surface area contributed by atoms with Crippen LogP contribution in [0.5, 0.6) is 0 Å². The molecule has 0 unspecified atom stereocenters. The van der Waals surface area contributed by atoms with Gasteiger partial charge in [-0.25, -0.2) is 8.42 Å². The van der Waals surface area contributed by atoms with E-state index in [1.54, 1.807) is 6.07 Å². The SMILES string of the molecule is Cc1c(NCCN2CCCC2)cc(S(C)(=O)=O)cc1N1CCNCC1.Cl. The lowest BCUT2D eigenvalue weighted by atomic mass is 10.1. The van der Waals surface area contributed by atoms with Gasteiger partial charge in [0.15, 0.2) is 9.84 Å². The molecular weight excluding hydrogens is 372 g/mol. The molecule has 0 aromatic heterocycles. The number of nitrogens with one attached hydrogen (secondary N) is 2.